The summed E-state index contributed by atoms with van der Waals surface area (Å²) in [4.78, 5) is 13.1. The Balaban J connectivity index is 1.51. The average Bonchev–Trinajstić information content (AvgIpc) is 3.45. The number of ether oxygens (including phenoxy) is 3. The molecule has 166 valence electrons. The van der Waals surface area contributed by atoms with Crippen molar-refractivity contribution in [2.24, 2.45) is 0 Å². The zero-order valence-corrected chi connectivity index (χ0v) is 19.0. The van der Waals surface area contributed by atoms with Gasteiger partial charge in [0.1, 0.15) is 0 Å². The lowest BCUT2D eigenvalue weighted by atomic mass is 10.2. The Morgan fingerprint density at radius 2 is 2.09 bits per heavy atom. The maximum atomic E-state index is 13.1. The van der Waals surface area contributed by atoms with E-state index in [-0.39, 0.29) is 12.4 Å². The van der Waals surface area contributed by atoms with Crippen LogP contribution in [0, 0.1) is 0 Å². The van der Waals surface area contributed by atoms with E-state index in [2.05, 4.69) is 10.2 Å². The van der Waals surface area contributed by atoms with Crippen molar-refractivity contribution in [3.05, 3.63) is 57.3 Å². The minimum Gasteiger partial charge on any atom is -0.454 e. The maximum Gasteiger partial charge on any atom is 0.262 e. The highest BCUT2D eigenvalue weighted by Gasteiger charge is 2.20. The van der Waals surface area contributed by atoms with Crippen LogP contribution in [-0.2, 0) is 17.0 Å². The summed E-state index contributed by atoms with van der Waals surface area (Å²) in [6.45, 7) is 3.87. The quantitative estimate of drug-likeness (QED) is 0.281. The fourth-order valence-corrected chi connectivity index (χ4v) is 4.91. The van der Waals surface area contributed by atoms with Crippen LogP contribution < -0.4 is 15.0 Å². The number of rotatable bonds is 8. The van der Waals surface area contributed by atoms with Crippen LogP contribution in [-0.4, -0.2) is 39.2 Å². The highest BCUT2D eigenvalue weighted by atomic mass is 35.5. The molecule has 2 aromatic heterocycles. The number of hydrogen-bond donors (Lipinski definition) is 0. The number of nitrogens with zero attached hydrogens (tertiary/aromatic N) is 4. The molecule has 0 N–H and O–H groups in total. The number of aryl methyl sites for hydroxylation is 1. The molecule has 0 amide bonds. The average molecular weight is 473 g/mol. The fraction of sp³-hybridized carbons (Fsp3) is 0.318. The topological polar surface area (TPSA) is 79.9 Å². The van der Waals surface area contributed by atoms with Gasteiger partial charge in [-0.25, -0.2) is 0 Å². The van der Waals surface area contributed by atoms with Crippen molar-refractivity contribution in [1.82, 2.24) is 19.2 Å². The van der Waals surface area contributed by atoms with E-state index in [1.807, 2.05) is 47.7 Å². The van der Waals surface area contributed by atoms with Crippen molar-refractivity contribution < 1.29 is 14.2 Å². The number of para-hydroxylation sites is 1. The first kappa shape index (κ1) is 21.1. The van der Waals surface area contributed by atoms with E-state index < -0.39 is 0 Å². The smallest absolute Gasteiger partial charge is 0.262 e. The number of benzene rings is 2. The zero-order valence-electron chi connectivity index (χ0n) is 17.4. The third-order valence-corrected chi connectivity index (χ3v) is 6.49. The molecular formula is C22H21ClN4O4S. The van der Waals surface area contributed by atoms with Crippen LogP contribution in [0.25, 0.3) is 16.7 Å². The largest absolute Gasteiger partial charge is 0.454 e. The number of thioether (sulfide) groups is 1. The van der Waals surface area contributed by atoms with E-state index in [0.29, 0.717) is 64.8 Å². The Labute approximate surface area is 193 Å². The van der Waals surface area contributed by atoms with E-state index in [9.17, 15) is 4.79 Å². The van der Waals surface area contributed by atoms with E-state index in [1.54, 1.807) is 4.57 Å². The molecule has 1 aliphatic rings. The van der Waals surface area contributed by atoms with Crippen LogP contribution >= 0.6 is 23.4 Å². The number of fused-ring (bicyclic) bond motifs is 4. The van der Waals surface area contributed by atoms with Gasteiger partial charge in [-0.3, -0.25) is 13.8 Å². The summed E-state index contributed by atoms with van der Waals surface area (Å²) in [7, 11) is 0. The summed E-state index contributed by atoms with van der Waals surface area (Å²) < 4.78 is 19.9. The second kappa shape index (κ2) is 9.01. The van der Waals surface area contributed by atoms with Crippen LogP contribution in [0.15, 0.2) is 46.3 Å². The van der Waals surface area contributed by atoms with Crippen LogP contribution in [0.2, 0.25) is 5.02 Å². The van der Waals surface area contributed by atoms with Gasteiger partial charge >= 0.3 is 0 Å². The van der Waals surface area contributed by atoms with Gasteiger partial charge in [-0.2, -0.15) is 0 Å². The molecule has 0 bridgehead atoms. The first-order valence-electron chi connectivity index (χ1n) is 10.3. The molecule has 0 atom stereocenters. The van der Waals surface area contributed by atoms with Crippen molar-refractivity contribution in [3.8, 4) is 11.5 Å². The first-order chi connectivity index (χ1) is 15.7. The van der Waals surface area contributed by atoms with Crippen molar-refractivity contribution in [1.29, 1.82) is 0 Å². The Morgan fingerprint density at radius 1 is 1.22 bits per heavy atom. The molecule has 0 unspecified atom stereocenters. The van der Waals surface area contributed by atoms with Gasteiger partial charge in [-0.1, -0.05) is 35.5 Å². The predicted molar refractivity (Wildman–Crippen MR) is 123 cm³/mol. The maximum absolute atomic E-state index is 13.1. The predicted octanol–water partition coefficient (Wildman–Crippen LogP) is 4.15. The zero-order chi connectivity index (χ0) is 22.1. The van der Waals surface area contributed by atoms with Gasteiger partial charge in [-0.05, 0) is 43.2 Å². The minimum atomic E-state index is -0.0731. The van der Waals surface area contributed by atoms with Crippen LogP contribution in [0.1, 0.15) is 18.9 Å². The number of halogens is 1. The molecule has 0 saturated carbocycles. The van der Waals surface area contributed by atoms with E-state index in [4.69, 9.17) is 25.8 Å². The van der Waals surface area contributed by atoms with Crippen molar-refractivity contribution >= 4 is 40.0 Å². The van der Waals surface area contributed by atoms with Crippen molar-refractivity contribution in [3.63, 3.8) is 0 Å². The van der Waals surface area contributed by atoms with Crippen LogP contribution in [0.4, 0.5) is 0 Å². The summed E-state index contributed by atoms with van der Waals surface area (Å²) in [5.41, 5.74) is 1.69. The molecule has 0 fully saturated rings. The molecular weight excluding hydrogens is 452 g/mol. The SMILES string of the molecule is CCOCCCn1c(=O)c2ccccc2n2c(SCc3cc(Cl)c4c(c3)OCO4)nnc12. The monoisotopic (exact) mass is 472 g/mol. The molecule has 32 heavy (non-hydrogen) atoms. The molecule has 5 rings (SSSR count). The van der Waals surface area contributed by atoms with Gasteiger partial charge < -0.3 is 14.2 Å². The lowest BCUT2D eigenvalue weighted by Crippen LogP contribution is -2.24. The molecule has 2 aromatic carbocycles. The highest BCUT2D eigenvalue weighted by Crippen LogP contribution is 2.40. The minimum absolute atomic E-state index is 0.0731. The molecule has 8 nitrogen and oxygen atoms in total. The van der Waals surface area contributed by atoms with E-state index in [1.165, 1.54) is 11.8 Å². The van der Waals surface area contributed by atoms with E-state index in [0.717, 1.165) is 11.1 Å². The highest BCUT2D eigenvalue weighted by molar-refractivity contribution is 7.98. The molecule has 4 aromatic rings. The Morgan fingerprint density at radius 3 is 2.97 bits per heavy atom. The second-order valence-corrected chi connectivity index (χ2v) is 8.59. The van der Waals surface area contributed by atoms with Gasteiger partial charge in [0.2, 0.25) is 12.6 Å². The Bertz CT molecular complexity index is 1350. The molecule has 0 spiro atoms. The molecule has 0 aliphatic carbocycles. The summed E-state index contributed by atoms with van der Waals surface area (Å²) >= 11 is 7.84. The van der Waals surface area contributed by atoms with Gasteiger partial charge in [0, 0.05) is 25.5 Å². The third kappa shape index (κ3) is 3.80. The lowest BCUT2D eigenvalue weighted by molar-refractivity contribution is 0.141. The van der Waals surface area contributed by atoms with Gasteiger partial charge in [0.25, 0.3) is 5.56 Å². The Hall–Kier alpha value is -2.75. The van der Waals surface area contributed by atoms with Crippen LogP contribution in [0.3, 0.4) is 0 Å². The summed E-state index contributed by atoms with van der Waals surface area (Å²) in [6, 6.07) is 11.3. The molecule has 3 heterocycles. The molecule has 1 aliphatic heterocycles. The van der Waals surface area contributed by atoms with Crippen molar-refractivity contribution in [2.45, 2.75) is 30.8 Å². The van der Waals surface area contributed by atoms with Gasteiger partial charge in [-0.15, -0.1) is 10.2 Å². The lowest BCUT2D eigenvalue weighted by Gasteiger charge is -2.11. The Kier molecular flexibility index (Phi) is 5.95. The molecule has 10 heteroatoms. The molecule has 0 radical (unpaired) electrons. The number of hydrogen-bond acceptors (Lipinski definition) is 7. The molecule has 0 saturated heterocycles. The van der Waals surface area contributed by atoms with E-state index >= 15 is 0 Å². The summed E-state index contributed by atoms with van der Waals surface area (Å²) in [5, 5.41) is 10.6. The second-order valence-electron chi connectivity index (χ2n) is 7.24. The van der Waals surface area contributed by atoms with Gasteiger partial charge in [0.15, 0.2) is 16.7 Å². The third-order valence-electron chi connectivity index (χ3n) is 5.21. The number of aromatic nitrogens is 4. The normalized spacial score (nSPS) is 12.8. The standard InChI is InChI=1S/C22H21ClN4O4S/c1-2-29-9-5-8-26-20(28)15-6-3-4-7-17(15)27-21(26)24-25-22(27)32-12-14-10-16(23)19-18(11-14)30-13-31-19/h3-4,6-7,10-11H,2,5,8-9,12-13H2,1H3. The first-order valence-corrected chi connectivity index (χ1v) is 11.7. The summed E-state index contributed by atoms with van der Waals surface area (Å²) in [5.74, 6) is 2.36. The summed E-state index contributed by atoms with van der Waals surface area (Å²) in [6.07, 6.45) is 0.715. The van der Waals surface area contributed by atoms with Gasteiger partial charge in [0.05, 0.1) is 15.9 Å². The van der Waals surface area contributed by atoms with Crippen molar-refractivity contribution in [2.75, 3.05) is 20.0 Å². The fourth-order valence-electron chi connectivity index (χ4n) is 3.75. The van der Waals surface area contributed by atoms with Crippen LogP contribution in [0.5, 0.6) is 11.5 Å².